The van der Waals surface area contributed by atoms with Gasteiger partial charge in [-0.05, 0) is 71.8 Å². The van der Waals surface area contributed by atoms with E-state index in [2.05, 4.69) is 10.0 Å². The Labute approximate surface area is 572 Å². The van der Waals surface area contributed by atoms with Crippen molar-refractivity contribution in [3.8, 4) is 0 Å². The number of halogens is 1. The third-order valence-corrected chi connectivity index (χ3v) is 17.7. The fourth-order valence-electron chi connectivity index (χ4n) is 12.7. The predicted molar refractivity (Wildman–Crippen MR) is 353 cm³/mol. The van der Waals surface area contributed by atoms with E-state index in [1.165, 1.54) is 0 Å². The standard InChI is InChI=1S/C75H77ClN4O18/c1-48-61(87-43-50-27-11-3-12-28-50)65(88-44-51-29-13-4-14-30-51)67(89-45-52-31-15-5-16-32-52)74(91-48)98-64-60(80-69(82)55-37-21-22-38-56(55)70(80)83)73(86-40-24-8-23-39-78-79-77)92-57(46-85-42-49-25-9-2-10-26-49)62(64)97-75-68(95-71(84)53-33-17-6-18-34-53)66(94-59(81)41-76)63-58(93-75)47-90-72(96-63)54-35-19-7-20-36-54/h2-7,9-22,25-38,48,57-58,60-68,72-75H,8,23-24,39-47H2,1H3/t48-,57+,58+,60+,61+,62+,63-,64+,65+,66-,67-,68+,72?,73+,74-,75+/m0/s1. The number of alkyl halides is 1. The largest absolute Gasteiger partial charge is 0.454 e. The van der Waals surface area contributed by atoms with Crippen molar-refractivity contribution in [2.75, 3.05) is 32.2 Å². The number of azide groups is 1. The number of esters is 2. The van der Waals surface area contributed by atoms with Gasteiger partial charge in [-0.25, -0.2) is 4.79 Å². The number of carbonyl (C=O) groups is 4. The fraction of sp³-hybridized carbons (Fsp3) is 0.387. The van der Waals surface area contributed by atoms with Gasteiger partial charge in [0.2, 0.25) is 0 Å². The van der Waals surface area contributed by atoms with E-state index in [1.807, 2.05) is 159 Å². The van der Waals surface area contributed by atoms with Gasteiger partial charge in [-0.2, -0.15) is 0 Å². The average molecular weight is 1360 g/mol. The number of amides is 2. The van der Waals surface area contributed by atoms with Gasteiger partial charge in [-0.3, -0.25) is 19.3 Å². The van der Waals surface area contributed by atoms with Crippen LogP contribution in [0.15, 0.2) is 211 Å². The first-order valence-electron chi connectivity index (χ1n) is 32.9. The molecule has 512 valence electrons. The highest BCUT2D eigenvalue weighted by Crippen LogP contribution is 2.43. The molecule has 12 rings (SSSR count). The van der Waals surface area contributed by atoms with Crippen LogP contribution in [-0.4, -0.2) is 153 Å². The summed E-state index contributed by atoms with van der Waals surface area (Å²) in [6.07, 6.45) is -18.1. The molecule has 5 heterocycles. The van der Waals surface area contributed by atoms with Crippen LogP contribution in [-0.2, 0) is 97.5 Å². The topological polar surface area (TPSA) is 250 Å². The molecule has 0 aromatic heterocycles. The molecule has 0 N–H and O–H groups in total. The van der Waals surface area contributed by atoms with E-state index in [9.17, 15) is 9.59 Å². The lowest BCUT2D eigenvalue weighted by Crippen LogP contribution is -2.71. The Morgan fingerprint density at radius 3 is 1.66 bits per heavy atom. The molecule has 2 amide bonds. The molecule has 5 aliphatic heterocycles. The lowest BCUT2D eigenvalue weighted by atomic mass is 9.93. The molecule has 22 nitrogen and oxygen atoms in total. The summed E-state index contributed by atoms with van der Waals surface area (Å²) in [6, 6.07) is 60.4. The Morgan fingerprint density at radius 2 is 1.07 bits per heavy atom. The molecule has 16 atom stereocenters. The van der Waals surface area contributed by atoms with Crippen molar-refractivity contribution < 1.29 is 85.5 Å². The van der Waals surface area contributed by atoms with Gasteiger partial charge in [-0.1, -0.05) is 194 Å². The van der Waals surface area contributed by atoms with Crippen LogP contribution in [0.25, 0.3) is 10.4 Å². The van der Waals surface area contributed by atoms with Gasteiger partial charge in [0, 0.05) is 23.6 Å². The molecule has 1 unspecified atom stereocenters. The summed E-state index contributed by atoms with van der Waals surface area (Å²) in [6.45, 7) is 1.99. The molecule has 0 spiro atoms. The minimum absolute atomic E-state index is 0.00988. The van der Waals surface area contributed by atoms with Crippen molar-refractivity contribution in [1.82, 2.24) is 4.90 Å². The molecule has 23 heteroatoms. The molecular weight excluding hydrogens is 1280 g/mol. The molecular formula is C75H77ClN4O18. The molecule has 7 aromatic carbocycles. The van der Waals surface area contributed by atoms with Gasteiger partial charge < -0.3 is 66.3 Å². The zero-order valence-electron chi connectivity index (χ0n) is 53.9. The minimum Gasteiger partial charge on any atom is -0.454 e. The number of hydrogen-bond donors (Lipinski definition) is 0. The zero-order valence-corrected chi connectivity index (χ0v) is 54.6. The van der Waals surface area contributed by atoms with Crippen molar-refractivity contribution in [2.24, 2.45) is 5.11 Å². The summed E-state index contributed by atoms with van der Waals surface area (Å²) in [5.74, 6) is -3.76. The van der Waals surface area contributed by atoms with Crippen molar-refractivity contribution in [1.29, 1.82) is 0 Å². The maximum Gasteiger partial charge on any atom is 0.338 e. The van der Waals surface area contributed by atoms with Gasteiger partial charge in [0.25, 0.3) is 11.8 Å². The van der Waals surface area contributed by atoms with Crippen LogP contribution < -0.4 is 0 Å². The highest BCUT2D eigenvalue weighted by Gasteiger charge is 2.61. The summed E-state index contributed by atoms with van der Waals surface area (Å²) in [5, 5.41) is 3.71. The normalized spacial score (nSPS) is 27.5. The van der Waals surface area contributed by atoms with Crippen molar-refractivity contribution in [3.63, 3.8) is 0 Å². The Bertz CT molecular complexity index is 3710. The lowest BCUT2D eigenvalue weighted by molar-refractivity contribution is -0.395. The van der Waals surface area contributed by atoms with E-state index >= 15 is 9.59 Å². The molecule has 4 saturated heterocycles. The number of unbranched alkanes of at least 4 members (excludes halogenated alkanes) is 2. The second kappa shape index (κ2) is 34.5. The predicted octanol–water partition coefficient (Wildman–Crippen LogP) is 11.6. The fourth-order valence-corrected chi connectivity index (χ4v) is 12.8. The Hall–Kier alpha value is -8.26. The highest BCUT2D eigenvalue weighted by atomic mass is 35.5. The Balaban J connectivity index is 1.01. The third-order valence-electron chi connectivity index (χ3n) is 17.5. The summed E-state index contributed by atoms with van der Waals surface area (Å²) < 4.78 is 96.9. The van der Waals surface area contributed by atoms with Crippen LogP contribution in [0.2, 0.25) is 0 Å². The van der Waals surface area contributed by atoms with E-state index in [-0.39, 0.29) is 69.5 Å². The summed E-state index contributed by atoms with van der Waals surface area (Å²) in [5.41, 5.74) is 13.4. The number of rotatable bonds is 30. The second-order valence-corrected chi connectivity index (χ2v) is 24.5. The second-order valence-electron chi connectivity index (χ2n) is 24.2. The van der Waals surface area contributed by atoms with E-state index in [4.69, 9.17) is 83.4 Å². The summed E-state index contributed by atoms with van der Waals surface area (Å²) in [7, 11) is 0. The molecule has 98 heavy (non-hydrogen) atoms. The number of benzene rings is 7. The number of fused-ring (bicyclic) bond motifs is 2. The van der Waals surface area contributed by atoms with E-state index < -0.39 is 128 Å². The molecule has 5 aliphatic rings. The van der Waals surface area contributed by atoms with Crippen LogP contribution in [0.1, 0.15) is 91.4 Å². The van der Waals surface area contributed by atoms with Gasteiger partial charge in [-0.15, -0.1) is 11.6 Å². The summed E-state index contributed by atoms with van der Waals surface area (Å²) in [4.78, 5) is 63.6. The van der Waals surface area contributed by atoms with E-state index in [0.29, 0.717) is 24.8 Å². The molecule has 0 aliphatic carbocycles. The van der Waals surface area contributed by atoms with Crippen LogP contribution >= 0.6 is 11.6 Å². The lowest BCUT2D eigenvalue weighted by Gasteiger charge is -2.53. The maximum absolute atomic E-state index is 15.5. The highest BCUT2D eigenvalue weighted by molar-refractivity contribution is 6.26. The molecule has 0 bridgehead atoms. The van der Waals surface area contributed by atoms with Gasteiger partial charge in [0.1, 0.15) is 60.8 Å². The van der Waals surface area contributed by atoms with Crippen LogP contribution in [0, 0.1) is 0 Å². The Morgan fingerprint density at radius 1 is 0.541 bits per heavy atom. The van der Waals surface area contributed by atoms with Gasteiger partial charge in [0.15, 0.2) is 37.4 Å². The first-order chi connectivity index (χ1) is 48.1. The first-order valence-corrected chi connectivity index (χ1v) is 33.4. The van der Waals surface area contributed by atoms with E-state index in [1.54, 1.807) is 54.6 Å². The zero-order chi connectivity index (χ0) is 67.6. The number of carbonyl (C=O) groups excluding carboxylic acids is 4. The molecule has 0 saturated carbocycles. The number of ether oxygens (including phenoxy) is 14. The smallest absolute Gasteiger partial charge is 0.338 e. The van der Waals surface area contributed by atoms with Gasteiger partial charge in [0.05, 0.1) is 62.4 Å². The number of nitrogens with zero attached hydrogens (tertiary/aromatic N) is 4. The van der Waals surface area contributed by atoms with Crippen molar-refractivity contribution in [3.05, 3.63) is 261 Å². The van der Waals surface area contributed by atoms with Crippen molar-refractivity contribution >= 4 is 35.4 Å². The average Bonchev–Trinajstić information content (AvgIpc) is 1.42. The van der Waals surface area contributed by atoms with Gasteiger partial charge >= 0.3 is 11.9 Å². The van der Waals surface area contributed by atoms with Crippen LogP contribution in [0.3, 0.4) is 0 Å². The monoisotopic (exact) mass is 1360 g/mol. The Kier molecular flexibility index (Phi) is 24.5. The van der Waals surface area contributed by atoms with Crippen LogP contribution in [0.4, 0.5) is 0 Å². The molecule has 0 radical (unpaired) electrons. The first kappa shape index (κ1) is 69.6. The quantitative estimate of drug-likeness (QED) is 0.00772. The molecule has 4 fully saturated rings. The molecule has 7 aromatic rings. The summed E-state index contributed by atoms with van der Waals surface area (Å²) >= 11 is 6.27. The van der Waals surface area contributed by atoms with Crippen LogP contribution in [0.5, 0.6) is 0 Å². The van der Waals surface area contributed by atoms with E-state index in [0.717, 1.165) is 27.2 Å². The minimum atomic E-state index is -1.76. The maximum atomic E-state index is 15.5. The third kappa shape index (κ3) is 17.2. The van der Waals surface area contributed by atoms with Crippen molar-refractivity contribution in [2.45, 2.75) is 151 Å². The number of hydrogen-bond acceptors (Lipinski definition) is 19. The SMILES string of the molecule is C[C@@H]1O[C@@H](O[C@H]2[C@H](O[C@H]3O[C@@H]4COC(c5ccccc5)O[C@@H]4[C@H](OC(=O)CCl)[C@H]3OC(=O)c3ccccc3)[C@@H](COCc3ccccc3)O[C@@H](OCCCCCN=[N+]=[N-])[C@@H]2N2C(=O)c3ccccc3C2=O)[C@@H](OCc2ccccc2)[C@H](OCc2ccccc2)[C@@H]1OCc1ccccc1. The number of imide groups is 1.